The van der Waals surface area contributed by atoms with Crippen molar-refractivity contribution in [3.8, 4) is 0 Å². The number of hydrogen-bond donors (Lipinski definition) is 2. The van der Waals surface area contributed by atoms with Crippen molar-refractivity contribution in [2.45, 2.75) is 11.3 Å². The number of carbonyl (C=O) groups is 2. The summed E-state index contributed by atoms with van der Waals surface area (Å²) in [5.74, 6) is -0.958. The monoisotopic (exact) mass is 527 g/mol. The van der Waals surface area contributed by atoms with Crippen molar-refractivity contribution >= 4 is 39.1 Å². The van der Waals surface area contributed by atoms with E-state index in [1.54, 1.807) is 24.3 Å². The third-order valence-electron chi connectivity index (χ3n) is 5.75. The van der Waals surface area contributed by atoms with Crippen LogP contribution in [0.25, 0.3) is 0 Å². The van der Waals surface area contributed by atoms with Crippen molar-refractivity contribution in [3.05, 3.63) is 94.5 Å². The quantitative estimate of drug-likeness (QED) is 0.466. The third-order valence-corrected chi connectivity index (χ3v) is 7.98. The van der Waals surface area contributed by atoms with E-state index in [1.165, 1.54) is 22.5 Å². The van der Waals surface area contributed by atoms with E-state index in [4.69, 9.17) is 16.3 Å². The summed E-state index contributed by atoms with van der Waals surface area (Å²) in [6, 6.07) is 20.4. The Morgan fingerprint density at radius 2 is 1.58 bits per heavy atom. The molecule has 1 heterocycles. The highest BCUT2D eigenvalue weighted by Crippen LogP contribution is 2.25. The van der Waals surface area contributed by atoms with Crippen molar-refractivity contribution in [1.82, 2.24) is 9.62 Å². The fourth-order valence-corrected chi connectivity index (χ4v) is 5.45. The molecule has 2 N–H and O–H groups in total. The highest BCUT2D eigenvalue weighted by Gasteiger charge is 2.28. The summed E-state index contributed by atoms with van der Waals surface area (Å²) < 4.78 is 32.6. The molecule has 4 rings (SSSR count). The Bertz CT molecular complexity index is 1340. The van der Waals surface area contributed by atoms with Crippen LogP contribution in [0.5, 0.6) is 0 Å². The average Bonchev–Trinajstić information content (AvgIpc) is 2.90. The van der Waals surface area contributed by atoms with Crippen LogP contribution in [0.4, 0.5) is 5.69 Å². The number of hydrogen-bond acceptors (Lipinski definition) is 5. The Kier molecular flexibility index (Phi) is 8.37. The maximum atomic E-state index is 13.1. The van der Waals surface area contributed by atoms with E-state index in [0.717, 1.165) is 5.56 Å². The van der Waals surface area contributed by atoms with Crippen LogP contribution in [-0.4, -0.2) is 57.4 Å². The fraction of sp³-hybridized carbons (Fsp3) is 0.231. The maximum Gasteiger partial charge on any atom is 0.257 e. The molecule has 188 valence electrons. The van der Waals surface area contributed by atoms with Crippen LogP contribution in [0.15, 0.2) is 77.7 Å². The van der Waals surface area contributed by atoms with Gasteiger partial charge in [0.15, 0.2) is 0 Å². The van der Waals surface area contributed by atoms with Crippen molar-refractivity contribution in [1.29, 1.82) is 0 Å². The number of rotatable bonds is 8. The number of ether oxygens (including phenoxy) is 1. The van der Waals surface area contributed by atoms with Gasteiger partial charge in [0.05, 0.1) is 39.9 Å². The molecule has 10 heteroatoms. The number of anilines is 1. The Balaban J connectivity index is 1.49. The van der Waals surface area contributed by atoms with E-state index < -0.39 is 15.9 Å². The van der Waals surface area contributed by atoms with Crippen LogP contribution in [0.2, 0.25) is 5.02 Å². The van der Waals surface area contributed by atoms with Gasteiger partial charge < -0.3 is 15.4 Å². The molecular weight excluding hydrogens is 502 g/mol. The number of nitrogens with one attached hydrogen (secondary N) is 2. The molecule has 0 atom stereocenters. The molecule has 0 aromatic heterocycles. The number of nitrogens with zero attached hydrogens (tertiary/aromatic N) is 1. The molecule has 0 aliphatic carbocycles. The van der Waals surface area contributed by atoms with Gasteiger partial charge in [-0.2, -0.15) is 4.31 Å². The number of benzene rings is 3. The molecule has 1 fully saturated rings. The molecule has 1 aliphatic rings. The van der Waals surface area contributed by atoms with Gasteiger partial charge in [0, 0.05) is 19.6 Å². The van der Waals surface area contributed by atoms with Gasteiger partial charge in [-0.1, -0.05) is 54.1 Å². The highest BCUT2D eigenvalue weighted by atomic mass is 35.5. The molecule has 1 aliphatic heterocycles. The summed E-state index contributed by atoms with van der Waals surface area (Å²) in [5, 5.41) is 5.66. The topological polar surface area (TPSA) is 105 Å². The van der Waals surface area contributed by atoms with Gasteiger partial charge in [-0.05, 0) is 42.3 Å². The zero-order valence-electron chi connectivity index (χ0n) is 19.4. The van der Waals surface area contributed by atoms with Crippen LogP contribution in [0.3, 0.4) is 0 Å². The van der Waals surface area contributed by atoms with Crippen molar-refractivity contribution in [2.75, 3.05) is 38.2 Å². The molecule has 0 spiro atoms. The standard InChI is InChI=1S/C26H26ClN3O5S/c27-23-11-10-20(36(33,34)30-14-16-35-17-15-30)18-22(23)26(32)29-24-9-5-4-8-21(24)25(31)28-13-12-19-6-2-1-3-7-19/h1-11,18H,12-17H2,(H,28,31)(H,29,32). The summed E-state index contributed by atoms with van der Waals surface area (Å²) in [4.78, 5) is 25.9. The largest absolute Gasteiger partial charge is 0.379 e. The Morgan fingerprint density at radius 1 is 0.889 bits per heavy atom. The number of carbonyl (C=O) groups excluding carboxylic acids is 2. The normalized spacial score (nSPS) is 14.2. The first-order valence-corrected chi connectivity index (χ1v) is 13.3. The highest BCUT2D eigenvalue weighted by molar-refractivity contribution is 7.89. The Hall–Kier alpha value is -3.24. The predicted molar refractivity (Wildman–Crippen MR) is 138 cm³/mol. The summed E-state index contributed by atoms with van der Waals surface area (Å²) in [7, 11) is -3.81. The average molecular weight is 528 g/mol. The van der Waals surface area contributed by atoms with Gasteiger partial charge in [-0.3, -0.25) is 9.59 Å². The van der Waals surface area contributed by atoms with Gasteiger partial charge in [0.25, 0.3) is 11.8 Å². The number of amides is 2. The molecule has 8 nitrogen and oxygen atoms in total. The van der Waals surface area contributed by atoms with E-state index in [0.29, 0.717) is 26.2 Å². The van der Waals surface area contributed by atoms with E-state index in [2.05, 4.69) is 10.6 Å². The zero-order valence-corrected chi connectivity index (χ0v) is 21.0. The lowest BCUT2D eigenvalue weighted by molar-refractivity contribution is 0.0730. The molecule has 2 amide bonds. The van der Waals surface area contributed by atoms with E-state index in [-0.39, 0.29) is 45.7 Å². The van der Waals surface area contributed by atoms with Crippen LogP contribution >= 0.6 is 11.6 Å². The molecule has 0 saturated carbocycles. The van der Waals surface area contributed by atoms with E-state index >= 15 is 0 Å². The lowest BCUT2D eigenvalue weighted by Gasteiger charge is -2.26. The van der Waals surface area contributed by atoms with Crippen molar-refractivity contribution in [2.24, 2.45) is 0 Å². The lowest BCUT2D eigenvalue weighted by atomic mass is 10.1. The lowest BCUT2D eigenvalue weighted by Crippen LogP contribution is -2.40. The van der Waals surface area contributed by atoms with Gasteiger partial charge in [-0.25, -0.2) is 8.42 Å². The first kappa shape index (κ1) is 25.8. The molecule has 0 unspecified atom stereocenters. The number of morpholine rings is 1. The Labute approximate surface area is 215 Å². The molecule has 1 saturated heterocycles. The molecule has 36 heavy (non-hydrogen) atoms. The van der Waals surface area contributed by atoms with Crippen LogP contribution in [-0.2, 0) is 21.2 Å². The SMILES string of the molecule is O=C(Nc1ccccc1C(=O)NCCc1ccccc1)c1cc(S(=O)(=O)N2CCOCC2)ccc1Cl. The summed E-state index contributed by atoms with van der Waals surface area (Å²) in [6.07, 6.45) is 0.668. The van der Waals surface area contributed by atoms with E-state index in [9.17, 15) is 18.0 Å². The second-order valence-corrected chi connectivity index (χ2v) is 10.5. The molecule has 0 radical (unpaired) electrons. The van der Waals surface area contributed by atoms with Crippen LogP contribution < -0.4 is 10.6 Å². The van der Waals surface area contributed by atoms with Crippen molar-refractivity contribution in [3.63, 3.8) is 0 Å². The van der Waals surface area contributed by atoms with Gasteiger partial charge in [0.1, 0.15) is 0 Å². The van der Waals surface area contributed by atoms with Gasteiger partial charge >= 0.3 is 0 Å². The van der Waals surface area contributed by atoms with Gasteiger partial charge in [-0.15, -0.1) is 0 Å². The summed E-state index contributed by atoms with van der Waals surface area (Å²) in [6.45, 7) is 1.52. The Morgan fingerprint density at radius 3 is 2.33 bits per heavy atom. The summed E-state index contributed by atoms with van der Waals surface area (Å²) >= 11 is 6.25. The predicted octanol–water partition coefficient (Wildman–Crippen LogP) is 3.59. The smallest absolute Gasteiger partial charge is 0.257 e. The summed E-state index contributed by atoms with van der Waals surface area (Å²) in [5.41, 5.74) is 1.66. The first-order valence-electron chi connectivity index (χ1n) is 11.5. The molecular formula is C26H26ClN3O5S. The first-order chi connectivity index (χ1) is 17.4. The molecule has 0 bridgehead atoms. The fourth-order valence-electron chi connectivity index (χ4n) is 3.81. The van der Waals surface area contributed by atoms with E-state index in [1.807, 2.05) is 30.3 Å². The minimum Gasteiger partial charge on any atom is -0.379 e. The number of halogens is 1. The second kappa shape index (κ2) is 11.7. The maximum absolute atomic E-state index is 13.1. The minimum absolute atomic E-state index is 0.00899. The second-order valence-electron chi connectivity index (χ2n) is 8.15. The molecule has 3 aromatic carbocycles. The van der Waals surface area contributed by atoms with Gasteiger partial charge in [0.2, 0.25) is 10.0 Å². The minimum atomic E-state index is -3.81. The van der Waals surface area contributed by atoms with Crippen LogP contribution in [0.1, 0.15) is 26.3 Å². The zero-order chi connectivity index (χ0) is 25.5. The molecule has 3 aromatic rings. The third kappa shape index (κ3) is 6.11. The number of sulfonamides is 1. The van der Waals surface area contributed by atoms with Crippen molar-refractivity contribution < 1.29 is 22.7 Å². The number of para-hydroxylation sites is 1. The van der Waals surface area contributed by atoms with Crippen LogP contribution in [0, 0.1) is 0 Å².